The number of likely N-dealkylation sites (tertiary alicyclic amines) is 2. The lowest BCUT2D eigenvalue weighted by Crippen LogP contribution is -2.60. The number of carbonyl (C=O) groups excluding carboxylic acids is 1. The van der Waals surface area contributed by atoms with Crippen molar-refractivity contribution in [3.05, 3.63) is 71.7 Å². The molecule has 1 atom stereocenters. The SMILES string of the molecule is O=C(c1cc2ccccc2[nH]1)N1CC[C@@]2(CCN2Cc2ccc(F)cc2)C1. The number of amides is 1. The maximum atomic E-state index is 13.1. The first kappa shape index (κ1) is 16.5. The molecule has 0 bridgehead atoms. The van der Waals surface area contributed by atoms with E-state index in [1.807, 2.05) is 47.4 Å². The van der Waals surface area contributed by atoms with Gasteiger partial charge in [-0.15, -0.1) is 0 Å². The van der Waals surface area contributed by atoms with Crippen molar-refractivity contribution in [3.63, 3.8) is 0 Å². The van der Waals surface area contributed by atoms with Crippen molar-refractivity contribution in [2.75, 3.05) is 19.6 Å². The Bertz CT molecular complexity index is 963. The highest BCUT2D eigenvalue weighted by molar-refractivity contribution is 5.98. The minimum atomic E-state index is -0.201. The molecule has 1 N–H and O–H groups in total. The zero-order valence-electron chi connectivity index (χ0n) is 15.1. The highest BCUT2D eigenvalue weighted by atomic mass is 19.1. The normalized spacial score (nSPS) is 22.5. The van der Waals surface area contributed by atoms with Gasteiger partial charge in [0.2, 0.25) is 0 Å². The molecule has 2 aromatic carbocycles. The van der Waals surface area contributed by atoms with E-state index in [2.05, 4.69) is 9.88 Å². The number of nitrogens with one attached hydrogen (secondary N) is 1. The van der Waals surface area contributed by atoms with Gasteiger partial charge in [-0.05, 0) is 42.7 Å². The van der Waals surface area contributed by atoms with Gasteiger partial charge in [0.25, 0.3) is 5.91 Å². The zero-order valence-corrected chi connectivity index (χ0v) is 15.1. The molecular weight excluding hydrogens is 341 g/mol. The van der Waals surface area contributed by atoms with Crippen molar-refractivity contribution in [3.8, 4) is 0 Å². The molecule has 0 aliphatic carbocycles. The minimum Gasteiger partial charge on any atom is -0.351 e. The van der Waals surface area contributed by atoms with E-state index in [0.717, 1.165) is 55.5 Å². The van der Waals surface area contributed by atoms with Crippen molar-refractivity contribution < 1.29 is 9.18 Å². The number of H-pyrrole nitrogens is 1. The lowest BCUT2D eigenvalue weighted by Gasteiger charge is -2.50. The number of para-hydroxylation sites is 1. The Balaban J connectivity index is 1.30. The number of nitrogens with zero attached hydrogens (tertiary/aromatic N) is 2. The average Bonchev–Trinajstić information content (AvgIpc) is 3.32. The molecule has 1 spiro atoms. The van der Waals surface area contributed by atoms with Crippen LogP contribution in [-0.4, -0.2) is 45.9 Å². The Kier molecular flexibility index (Phi) is 3.79. The molecule has 5 rings (SSSR count). The topological polar surface area (TPSA) is 39.3 Å². The highest BCUT2D eigenvalue weighted by Crippen LogP contribution is 2.40. The number of fused-ring (bicyclic) bond motifs is 1. The summed E-state index contributed by atoms with van der Waals surface area (Å²) in [6, 6.07) is 16.6. The van der Waals surface area contributed by atoms with Crippen LogP contribution in [0.25, 0.3) is 10.9 Å². The standard InChI is InChI=1S/C22H22FN3O/c23-18-7-5-16(6-8-18)14-26-12-10-22(26)9-11-25(15-22)21(27)20-13-17-3-1-2-4-19(17)24-20/h1-8,13,24H,9-12,14-15H2/t22-/m1/s1. The molecule has 5 heteroatoms. The van der Waals surface area contributed by atoms with Gasteiger partial charge < -0.3 is 9.88 Å². The van der Waals surface area contributed by atoms with E-state index in [4.69, 9.17) is 0 Å². The molecule has 1 aromatic heterocycles. The van der Waals surface area contributed by atoms with Gasteiger partial charge in [-0.25, -0.2) is 4.39 Å². The van der Waals surface area contributed by atoms with Crippen LogP contribution in [0.15, 0.2) is 54.6 Å². The van der Waals surface area contributed by atoms with Gasteiger partial charge >= 0.3 is 0 Å². The number of aromatic nitrogens is 1. The summed E-state index contributed by atoms with van der Waals surface area (Å²) in [4.78, 5) is 20.6. The Labute approximate surface area is 157 Å². The third-order valence-electron chi connectivity index (χ3n) is 6.18. The zero-order chi connectivity index (χ0) is 18.4. The summed E-state index contributed by atoms with van der Waals surface area (Å²) in [6.07, 6.45) is 2.12. The van der Waals surface area contributed by atoms with Crippen LogP contribution in [0.4, 0.5) is 4.39 Å². The molecule has 0 radical (unpaired) electrons. The Morgan fingerprint density at radius 1 is 1.07 bits per heavy atom. The van der Waals surface area contributed by atoms with Crippen molar-refractivity contribution >= 4 is 16.8 Å². The molecular formula is C22H22FN3O. The maximum absolute atomic E-state index is 13.1. The van der Waals surface area contributed by atoms with Gasteiger partial charge in [-0.2, -0.15) is 0 Å². The van der Waals surface area contributed by atoms with E-state index >= 15 is 0 Å². The Morgan fingerprint density at radius 2 is 1.85 bits per heavy atom. The lowest BCUT2D eigenvalue weighted by molar-refractivity contribution is -0.0131. The number of hydrogen-bond donors (Lipinski definition) is 1. The molecule has 1 amide bonds. The van der Waals surface area contributed by atoms with E-state index < -0.39 is 0 Å². The first-order valence-corrected chi connectivity index (χ1v) is 9.50. The Morgan fingerprint density at radius 3 is 2.59 bits per heavy atom. The second-order valence-electron chi connectivity index (χ2n) is 7.77. The van der Waals surface area contributed by atoms with Crippen molar-refractivity contribution in [1.82, 2.24) is 14.8 Å². The van der Waals surface area contributed by atoms with Crippen LogP contribution >= 0.6 is 0 Å². The molecule has 4 nitrogen and oxygen atoms in total. The maximum Gasteiger partial charge on any atom is 0.270 e. The van der Waals surface area contributed by atoms with Crippen LogP contribution < -0.4 is 0 Å². The fourth-order valence-electron chi connectivity index (χ4n) is 4.49. The van der Waals surface area contributed by atoms with Crippen LogP contribution in [-0.2, 0) is 6.54 Å². The van der Waals surface area contributed by atoms with Gasteiger partial charge in [0.15, 0.2) is 0 Å². The molecule has 2 aliphatic heterocycles. The molecule has 2 saturated heterocycles. The quantitative estimate of drug-likeness (QED) is 0.769. The second-order valence-corrected chi connectivity index (χ2v) is 7.77. The van der Waals surface area contributed by atoms with Crippen LogP contribution in [0.3, 0.4) is 0 Å². The lowest BCUT2D eigenvalue weighted by atomic mass is 9.83. The van der Waals surface area contributed by atoms with Gasteiger partial charge in [-0.3, -0.25) is 9.69 Å². The third-order valence-corrected chi connectivity index (χ3v) is 6.18. The molecule has 0 unspecified atom stereocenters. The van der Waals surface area contributed by atoms with Crippen LogP contribution in [0.2, 0.25) is 0 Å². The summed E-state index contributed by atoms with van der Waals surface area (Å²) in [6.45, 7) is 3.40. The first-order valence-electron chi connectivity index (χ1n) is 9.50. The fraction of sp³-hybridized carbons (Fsp3) is 0.318. The number of hydrogen-bond acceptors (Lipinski definition) is 2. The first-order chi connectivity index (χ1) is 13.1. The summed E-state index contributed by atoms with van der Waals surface area (Å²) in [5, 5.41) is 1.07. The van der Waals surface area contributed by atoms with Crippen molar-refractivity contribution in [2.24, 2.45) is 0 Å². The largest absolute Gasteiger partial charge is 0.351 e. The van der Waals surface area contributed by atoms with E-state index in [9.17, 15) is 9.18 Å². The van der Waals surface area contributed by atoms with Crippen molar-refractivity contribution in [1.29, 1.82) is 0 Å². The van der Waals surface area contributed by atoms with Crippen molar-refractivity contribution in [2.45, 2.75) is 24.9 Å². The monoisotopic (exact) mass is 363 g/mol. The summed E-state index contributed by atoms with van der Waals surface area (Å²) >= 11 is 0. The molecule has 0 saturated carbocycles. The molecule has 3 heterocycles. The number of benzene rings is 2. The van der Waals surface area contributed by atoms with Gasteiger partial charge in [-0.1, -0.05) is 30.3 Å². The minimum absolute atomic E-state index is 0.0794. The smallest absolute Gasteiger partial charge is 0.270 e. The molecule has 138 valence electrons. The van der Waals surface area contributed by atoms with E-state index in [1.54, 1.807) is 0 Å². The van der Waals surface area contributed by atoms with Gasteiger partial charge in [0, 0.05) is 42.6 Å². The summed E-state index contributed by atoms with van der Waals surface area (Å²) in [5.74, 6) is -0.121. The fourth-order valence-corrected chi connectivity index (χ4v) is 4.49. The number of rotatable bonds is 3. The molecule has 2 fully saturated rings. The molecule has 2 aliphatic rings. The van der Waals surface area contributed by atoms with E-state index in [-0.39, 0.29) is 17.3 Å². The predicted octanol–water partition coefficient (Wildman–Crippen LogP) is 3.80. The molecule has 3 aromatic rings. The predicted molar refractivity (Wildman–Crippen MR) is 103 cm³/mol. The molecule has 27 heavy (non-hydrogen) atoms. The Hall–Kier alpha value is -2.66. The van der Waals surface area contributed by atoms with Crippen LogP contribution in [0.1, 0.15) is 28.9 Å². The van der Waals surface area contributed by atoms with E-state index in [0.29, 0.717) is 5.69 Å². The second kappa shape index (κ2) is 6.20. The van der Waals surface area contributed by atoms with Crippen LogP contribution in [0.5, 0.6) is 0 Å². The summed E-state index contributed by atoms with van der Waals surface area (Å²) < 4.78 is 13.1. The van der Waals surface area contributed by atoms with Crippen LogP contribution in [0, 0.1) is 5.82 Å². The summed E-state index contributed by atoms with van der Waals surface area (Å²) in [5.41, 5.74) is 2.86. The highest BCUT2D eigenvalue weighted by Gasteiger charge is 2.50. The van der Waals surface area contributed by atoms with Gasteiger partial charge in [0.1, 0.15) is 11.5 Å². The average molecular weight is 363 g/mol. The third kappa shape index (κ3) is 2.82. The number of aromatic amines is 1. The number of halogens is 1. The van der Waals surface area contributed by atoms with E-state index in [1.165, 1.54) is 12.1 Å². The summed E-state index contributed by atoms with van der Waals surface area (Å²) in [7, 11) is 0. The number of carbonyl (C=O) groups is 1. The van der Waals surface area contributed by atoms with Gasteiger partial charge in [0.05, 0.1) is 0 Å².